The number of nitrogens with zero attached hydrogens (tertiary/aromatic N) is 1. The Morgan fingerprint density at radius 3 is 2.88 bits per heavy atom. The van der Waals surface area contributed by atoms with Crippen LogP contribution in [0.25, 0.3) is 0 Å². The number of amides is 1. The average molecular weight is 354 g/mol. The number of carbonyl (C=O) groups is 2. The van der Waals surface area contributed by atoms with Gasteiger partial charge in [-0.25, -0.2) is 0 Å². The molecule has 1 amide bonds. The van der Waals surface area contributed by atoms with E-state index in [0.717, 1.165) is 5.57 Å². The molecule has 1 spiro atoms. The fourth-order valence-corrected chi connectivity index (χ4v) is 4.57. The molecule has 3 aliphatic rings. The van der Waals surface area contributed by atoms with Crippen LogP contribution >= 0.6 is 0 Å². The number of anilines is 1. The molecule has 0 unspecified atom stereocenters. The average Bonchev–Trinajstić information content (AvgIpc) is 3.24. The molecule has 3 aliphatic heterocycles. The highest BCUT2D eigenvalue weighted by molar-refractivity contribution is 6.03. The van der Waals surface area contributed by atoms with Crippen molar-refractivity contribution >= 4 is 17.6 Å². The summed E-state index contributed by atoms with van der Waals surface area (Å²) in [6, 6.07) is 6.81. The molecule has 1 aromatic carbocycles. The molecule has 4 rings (SSSR count). The first-order valence-corrected chi connectivity index (χ1v) is 8.58. The first-order valence-electron chi connectivity index (χ1n) is 8.58. The van der Waals surface area contributed by atoms with Crippen LogP contribution in [0.15, 0.2) is 48.6 Å². The Balaban J connectivity index is 1.84. The minimum absolute atomic E-state index is 0.259. The molecule has 5 atom stereocenters. The highest BCUT2D eigenvalue weighted by Gasteiger charge is 2.69. The molecule has 1 aromatic rings. The summed E-state index contributed by atoms with van der Waals surface area (Å²) in [6.07, 6.45) is 3.49. The maximum absolute atomic E-state index is 13.3. The summed E-state index contributed by atoms with van der Waals surface area (Å²) in [5.41, 5.74) is 0.583. The Hall–Kier alpha value is -2.60. The van der Waals surface area contributed by atoms with Crippen molar-refractivity contribution in [3.05, 3.63) is 48.6 Å². The lowest BCUT2D eigenvalue weighted by Crippen LogP contribution is -2.46. The molecular formula is C20H20NO5-. The van der Waals surface area contributed by atoms with Crippen molar-refractivity contribution in [3.8, 4) is 5.75 Å². The maximum Gasteiger partial charge on any atom is 0.234 e. The Labute approximate surface area is 151 Å². The van der Waals surface area contributed by atoms with E-state index in [9.17, 15) is 14.7 Å². The number of hydrogen-bond donors (Lipinski definition) is 0. The summed E-state index contributed by atoms with van der Waals surface area (Å²) in [5, 5.41) is 11.7. The lowest BCUT2D eigenvalue weighted by molar-refractivity contribution is -0.313. The van der Waals surface area contributed by atoms with Crippen LogP contribution in [0.5, 0.6) is 5.75 Å². The van der Waals surface area contributed by atoms with E-state index in [1.807, 2.05) is 19.1 Å². The number of hydrogen-bond acceptors (Lipinski definition) is 5. The number of aliphatic carboxylic acids is 1. The van der Waals surface area contributed by atoms with Crippen molar-refractivity contribution in [2.75, 3.05) is 12.0 Å². The predicted octanol–water partition coefficient (Wildman–Crippen LogP) is 1.07. The van der Waals surface area contributed by atoms with E-state index in [1.54, 1.807) is 36.3 Å². The Kier molecular flexibility index (Phi) is 3.70. The van der Waals surface area contributed by atoms with Crippen molar-refractivity contribution in [3.63, 3.8) is 0 Å². The summed E-state index contributed by atoms with van der Waals surface area (Å²) in [7, 11) is 1.56. The van der Waals surface area contributed by atoms with E-state index >= 15 is 0 Å². The third-order valence-electron chi connectivity index (χ3n) is 5.57. The zero-order chi connectivity index (χ0) is 18.6. The standard InChI is InChI=1S/C20H21NO5/c1-11(2)9-15-20-8-7-14(26-20)16(19(23)24)17(20)18(22)21(15)12-5-4-6-13(10-12)25-3/h4-8,10,14-17H,1,9H2,2-3H3,(H,23,24)/p-1/t14-,15+,16-,17-,20+/m0/s1. The van der Waals surface area contributed by atoms with Gasteiger partial charge in [0.15, 0.2) is 0 Å². The minimum atomic E-state index is -1.25. The lowest BCUT2D eigenvalue weighted by atomic mass is 9.74. The van der Waals surface area contributed by atoms with Crippen molar-refractivity contribution in [1.29, 1.82) is 0 Å². The minimum Gasteiger partial charge on any atom is -0.550 e. The molecule has 0 aliphatic carbocycles. The molecule has 6 heteroatoms. The molecule has 136 valence electrons. The first-order chi connectivity index (χ1) is 12.4. The van der Waals surface area contributed by atoms with Crippen LogP contribution in [-0.4, -0.2) is 36.7 Å². The van der Waals surface area contributed by atoms with Crippen molar-refractivity contribution in [1.82, 2.24) is 0 Å². The molecular weight excluding hydrogens is 334 g/mol. The molecule has 0 radical (unpaired) electrons. The second-order valence-electron chi connectivity index (χ2n) is 7.20. The first kappa shape index (κ1) is 16.8. The highest BCUT2D eigenvalue weighted by atomic mass is 16.5. The number of methoxy groups -OCH3 is 1. The van der Waals surface area contributed by atoms with Gasteiger partial charge >= 0.3 is 0 Å². The molecule has 0 saturated carbocycles. The van der Waals surface area contributed by atoms with E-state index in [0.29, 0.717) is 17.9 Å². The second-order valence-corrected chi connectivity index (χ2v) is 7.20. The zero-order valence-corrected chi connectivity index (χ0v) is 14.7. The third kappa shape index (κ3) is 2.15. The van der Waals surface area contributed by atoms with Crippen LogP contribution in [0.4, 0.5) is 5.69 Å². The lowest BCUT2D eigenvalue weighted by Gasteiger charge is -2.33. The topological polar surface area (TPSA) is 78.9 Å². The summed E-state index contributed by atoms with van der Waals surface area (Å²) < 4.78 is 11.4. The van der Waals surface area contributed by atoms with Crippen LogP contribution in [0.1, 0.15) is 13.3 Å². The predicted molar refractivity (Wildman–Crippen MR) is 92.4 cm³/mol. The van der Waals surface area contributed by atoms with Gasteiger partial charge in [-0.05, 0) is 25.5 Å². The van der Waals surface area contributed by atoms with Crippen molar-refractivity contribution in [2.45, 2.75) is 31.1 Å². The summed E-state index contributed by atoms with van der Waals surface area (Å²) in [4.78, 5) is 26.7. The van der Waals surface area contributed by atoms with Gasteiger partial charge < -0.3 is 24.3 Å². The monoisotopic (exact) mass is 354 g/mol. The zero-order valence-electron chi connectivity index (χ0n) is 14.7. The number of carboxylic acids is 1. The van der Waals surface area contributed by atoms with Crippen LogP contribution in [0.2, 0.25) is 0 Å². The number of ether oxygens (including phenoxy) is 2. The Morgan fingerprint density at radius 1 is 1.46 bits per heavy atom. The van der Waals surface area contributed by atoms with Crippen LogP contribution < -0.4 is 14.7 Å². The van der Waals surface area contributed by atoms with Gasteiger partial charge in [0.05, 0.1) is 25.2 Å². The molecule has 0 N–H and O–H groups in total. The summed E-state index contributed by atoms with van der Waals surface area (Å²) >= 11 is 0. The molecule has 0 aromatic heterocycles. The van der Waals surface area contributed by atoms with Gasteiger partial charge in [0.25, 0.3) is 0 Å². The van der Waals surface area contributed by atoms with Crippen molar-refractivity contribution < 1.29 is 24.2 Å². The number of rotatable bonds is 5. The quantitative estimate of drug-likeness (QED) is 0.739. The number of fused-ring (bicyclic) bond motifs is 1. The summed E-state index contributed by atoms with van der Waals surface area (Å²) in [5.74, 6) is -2.66. The molecule has 2 fully saturated rings. The normalized spacial score (nSPS) is 34.2. The molecule has 3 heterocycles. The highest BCUT2D eigenvalue weighted by Crippen LogP contribution is 2.56. The van der Waals surface area contributed by atoms with E-state index < -0.39 is 29.5 Å². The fourth-order valence-electron chi connectivity index (χ4n) is 4.57. The Bertz CT molecular complexity index is 831. The van der Waals surface area contributed by atoms with E-state index in [-0.39, 0.29) is 11.9 Å². The van der Waals surface area contributed by atoms with Crippen LogP contribution in [0, 0.1) is 11.8 Å². The van der Waals surface area contributed by atoms with Gasteiger partial charge in [-0.2, -0.15) is 0 Å². The number of carboxylic acid groups (broad SMARTS) is 1. The largest absolute Gasteiger partial charge is 0.550 e. The molecule has 2 bridgehead atoms. The summed E-state index contributed by atoms with van der Waals surface area (Å²) in [6.45, 7) is 5.87. The third-order valence-corrected chi connectivity index (χ3v) is 5.57. The van der Waals surface area contributed by atoms with Crippen molar-refractivity contribution in [2.24, 2.45) is 11.8 Å². The second kappa shape index (κ2) is 5.71. The smallest absolute Gasteiger partial charge is 0.234 e. The SMILES string of the molecule is C=C(C)C[C@H]1N(c2cccc(OC)c2)C(=O)[C@@H]2[C@@H](C(=O)[O-])[C@@H]3C=C[C@]21O3. The number of carbonyl (C=O) groups excluding carboxylic acids is 2. The Morgan fingerprint density at radius 2 is 2.23 bits per heavy atom. The van der Waals surface area contributed by atoms with Gasteiger partial charge in [-0.1, -0.05) is 23.8 Å². The van der Waals surface area contributed by atoms with E-state index in [4.69, 9.17) is 9.47 Å². The van der Waals surface area contributed by atoms with Crippen LogP contribution in [0.3, 0.4) is 0 Å². The fraction of sp³-hybridized carbons (Fsp3) is 0.400. The van der Waals surface area contributed by atoms with Gasteiger partial charge in [0.1, 0.15) is 11.4 Å². The van der Waals surface area contributed by atoms with Gasteiger partial charge in [0.2, 0.25) is 5.91 Å². The van der Waals surface area contributed by atoms with Crippen LogP contribution in [-0.2, 0) is 14.3 Å². The number of benzene rings is 1. The van der Waals surface area contributed by atoms with Gasteiger partial charge in [0, 0.05) is 23.6 Å². The van der Waals surface area contributed by atoms with Gasteiger partial charge in [-0.15, -0.1) is 6.58 Å². The molecule has 6 nitrogen and oxygen atoms in total. The maximum atomic E-state index is 13.3. The van der Waals surface area contributed by atoms with E-state index in [1.165, 1.54) is 0 Å². The van der Waals surface area contributed by atoms with E-state index in [2.05, 4.69) is 6.58 Å². The molecule has 2 saturated heterocycles. The van der Waals surface area contributed by atoms with Gasteiger partial charge in [-0.3, -0.25) is 4.79 Å². The molecule has 26 heavy (non-hydrogen) atoms.